The van der Waals surface area contributed by atoms with E-state index in [-0.39, 0.29) is 34.2 Å². The number of nitrogens with zero attached hydrogens (tertiary/aromatic N) is 5. The average Bonchev–Trinajstić information content (AvgIpc) is 2.96. The van der Waals surface area contributed by atoms with Crippen molar-refractivity contribution in [1.82, 2.24) is 4.90 Å². The first kappa shape index (κ1) is 62.4. The van der Waals surface area contributed by atoms with Crippen LogP contribution in [0.4, 0.5) is 0 Å². The van der Waals surface area contributed by atoms with Crippen LogP contribution in [0.2, 0.25) is 0 Å². The van der Waals surface area contributed by atoms with Gasteiger partial charge in [-0.1, -0.05) is 23.3 Å². The van der Waals surface area contributed by atoms with Gasteiger partial charge in [-0.05, 0) is 74.0 Å². The van der Waals surface area contributed by atoms with Crippen LogP contribution in [0.1, 0.15) is 81.6 Å². The maximum absolute atomic E-state index is 9.89. The first-order valence-corrected chi connectivity index (χ1v) is 15.6. The van der Waals surface area contributed by atoms with Gasteiger partial charge in [-0.25, -0.2) is 0 Å². The highest BCUT2D eigenvalue weighted by Gasteiger charge is 2.02. The van der Waals surface area contributed by atoms with E-state index in [0.29, 0.717) is 0 Å². The van der Waals surface area contributed by atoms with Crippen molar-refractivity contribution in [3.8, 4) is 0 Å². The lowest BCUT2D eigenvalue weighted by Gasteiger charge is -2.20. The minimum absolute atomic E-state index is 0.00231. The van der Waals surface area contributed by atoms with E-state index < -0.39 is 0 Å². The van der Waals surface area contributed by atoms with Crippen molar-refractivity contribution in [3.05, 3.63) is 0 Å². The molecule has 0 aromatic rings. The molecule has 1 aliphatic heterocycles. The van der Waals surface area contributed by atoms with Gasteiger partial charge in [0.25, 0.3) is 0 Å². The number of hydrogen-bond acceptors (Lipinski definition) is 15. The topological polar surface area (TPSA) is 200 Å². The van der Waals surface area contributed by atoms with Crippen LogP contribution in [0.3, 0.4) is 0 Å². The van der Waals surface area contributed by atoms with Crippen molar-refractivity contribution in [2.24, 2.45) is 25.9 Å². The summed E-state index contributed by atoms with van der Waals surface area (Å²) in [5.74, 6) is -0.0856. The molecule has 0 bridgehead atoms. The van der Waals surface area contributed by atoms with E-state index in [1.165, 1.54) is 126 Å². The molecule has 1 heterocycles. The highest BCUT2D eigenvalue weighted by Crippen LogP contribution is 2.04. The zero-order valence-electron chi connectivity index (χ0n) is 32.3. The standard InChI is InChI=1S/C6H13N.3C4H7NO.C4H9NO.C3H6O2.C3H6OS.C3H6O.CH5N/c1-7-5-3-2-4-6-7;3*1-4(6)3-5-2;1-4(2)5-6-3;2*1-3(4)5-2;1-3(2)4;1-2/h2-6H2,1H3;3*3H,1-2H3;1-3H3;2*1-2H3;1-2H3;2H2,1H3. The Morgan fingerprint density at radius 2 is 0.915 bits per heavy atom. The molecule has 2 N–H and O–H groups in total. The molecular weight excluding hydrogens is 628 g/mol. The monoisotopic (exact) mass is 694 g/mol. The number of thioether (sulfide) groups is 1. The van der Waals surface area contributed by atoms with Gasteiger partial charge >= 0.3 is 5.97 Å². The van der Waals surface area contributed by atoms with E-state index in [1.54, 1.807) is 34.3 Å². The number of oxime groups is 1. The fourth-order valence-electron chi connectivity index (χ4n) is 1.78. The number of rotatable bonds is 4. The van der Waals surface area contributed by atoms with Crippen LogP contribution >= 0.6 is 11.8 Å². The average molecular weight is 695 g/mol. The molecule has 1 saturated heterocycles. The molecule has 1 fully saturated rings. The second-order valence-corrected chi connectivity index (χ2v) is 9.86. The van der Waals surface area contributed by atoms with Crippen LogP contribution in [0.25, 0.3) is 0 Å². The molecule has 1 rings (SSSR count). The van der Waals surface area contributed by atoms with Crippen molar-refractivity contribution in [1.29, 1.82) is 0 Å². The maximum Gasteiger partial charge on any atom is 0.302 e. The van der Waals surface area contributed by atoms with E-state index in [2.05, 4.69) is 47.4 Å². The van der Waals surface area contributed by atoms with E-state index in [1.807, 2.05) is 13.8 Å². The summed E-state index contributed by atoms with van der Waals surface area (Å²) < 4.78 is 4.11. The summed E-state index contributed by atoms with van der Waals surface area (Å²) in [5.41, 5.74) is 5.44. The molecule has 0 atom stereocenters. The van der Waals surface area contributed by atoms with Crippen LogP contribution in [-0.4, -0.2) is 132 Å². The Kier molecular flexibility index (Phi) is 77.2. The van der Waals surface area contributed by atoms with E-state index in [9.17, 15) is 28.8 Å². The van der Waals surface area contributed by atoms with Crippen molar-refractivity contribution in [2.45, 2.75) is 81.6 Å². The minimum Gasteiger partial charge on any atom is -0.469 e. The predicted octanol–water partition coefficient (Wildman–Crippen LogP) is 4.20. The molecule has 0 aromatic heterocycles. The predicted molar refractivity (Wildman–Crippen MR) is 201 cm³/mol. The Bertz CT molecular complexity index is 790. The fourth-order valence-corrected chi connectivity index (χ4v) is 1.78. The quantitative estimate of drug-likeness (QED) is 0.251. The molecule has 0 amide bonds. The number of aliphatic imine (C=N–C) groups is 3. The summed E-state index contributed by atoms with van der Waals surface area (Å²) in [6, 6.07) is 0. The van der Waals surface area contributed by atoms with Crippen LogP contribution in [0.15, 0.2) is 20.1 Å². The van der Waals surface area contributed by atoms with Gasteiger partial charge in [-0.15, -0.1) is 0 Å². The summed E-state index contributed by atoms with van der Waals surface area (Å²) in [6.45, 7) is 16.8. The minimum atomic E-state index is -0.245. The van der Waals surface area contributed by atoms with Crippen LogP contribution in [-0.2, 0) is 38.3 Å². The summed E-state index contributed by atoms with van der Waals surface area (Å²) in [4.78, 5) is 75.7. The van der Waals surface area contributed by atoms with Crippen molar-refractivity contribution >= 4 is 70.3 Å². The lowest BCUT2D eigenvalue weighted by atomic mass is 10.1. The molecule has 278 valence electrons. The van der Waals surface area contributed by atoms with E-state index >= 15 is 0 Å². The smallest absolute Gasteiger partial charge is 0.302 e. The molecular formula is C32H66N6O8S. The molecule has 0 radical (unpaired) electrons. The third-order valence-corrected chi connectivity index (χ3v) is 3.94. The van der Waals surface area contributed by atoms with Gasteiger partial charge in [0.1, 0.15) is 12.9 Å². The first-order chi connectivity index (χ1) is 21.7. The summed E-state index contributed by atoms with van der Waals surface area (Å²) in [6.07, 6.45) is 9.87. The Balaban J connectivity index is -0.0000000614. The number of nitrogens with two attached hydrogens (primary N) is 1. The molecule has 0 aliphatic carbocycles. The third kappa shape index (κ3) is 166. The number of likely N-dealkylation sites (tertiary alicyclic amines) is 1. The number of methoxy groups -OCH3 is 1. The molecule has 14 nitrogen and oxygen atoms in total. The summed E-state index contributed by atoms with van der Waals surface area (Å²) in [7, 11) is 11.3. The van der Waals surface area contributed by atoms with Crippen LogP contribution in [0, 0.1) is 0 Å². The lowest BCUT2D eigenvalue weighted by molar-refractivity contribution is -0.138. The van der Waals surface area contributed by atoms with Crippen molar-refractivity contribution in [2.75, 3.05) is 68.8 Å². The largest absolute Gasteiger partial charge is 0.469 e. The Labute approximate surface area is 289 Å². The molecule has 15 heteroatoms. The van der Waals surface area contributed by atoms with Gasteiger partial charge in [-0.2, -0.15) is 0 Å². The molecule has 0 aromatic carbocycles. The maximum atomic E-state index is 9.89. The lowest BCUT2D eigenvalue weighted by Crippen LogP contribution is -2.24. The molecule has 0 spiro atoms. The van der Waals surface area contributed by atoms with Crippen LogP contribution in [0.5, 0.6) is 0 Å². The Morgan fingerprint density at radius 3 is 0.957 bits per heavy atom. The Hall–Kier alpha value is -3.43. The van der Waals surface area contributed by atoms with Gasteiger partial charge in [0.2, 0.25) is 0 Å². The van der Waals surface area contributed by atoms with Crippen molar-refractivity contribution in [3.63, 3.8) is 0 Å². The summed E-state index contributed by atoms with van der Waals surface area (Å²) >= 11 is 1.24. The normalized spacial score (nSPS) is 10.6. The van der Waals surface area contributed by atoms with Gasteiger partial charge in [0.15, 0.2) is 22.5 Å². The van der Waals surface area contributed by atoms with E-state index in [4.69, 9.17) is 0 Å². The zero-order valence-corrected chi connectivity index (χ0v) is 33.1. The fraction of sp³-hybridized carbons (Fsp3) is 0.688. The number of ketones is 4. The molecule has 0 saturated carbocycles. The molecule has 1 aliphatic rings. The number of Topliss-reactive ketones (excluding diaryl/α,β-unsaturated/α-hetero) is 4. The summed E-state index contributed by atoms with van der Waals surface area (Å²) in [5, 5.41) is 3.71. The number of piperidine rings is 1. The van der Waals surface area contributed by atoms with Gasteiger partial charge in [0.05, 0.1) is 31.5 Å². The number of carbonyl (C=O) groups is 6. The SMILES string of the molecule is CC(C)=O.CN.CN1CCCCC1.CN=CC(C)=O.CN=CC(C)=O.CN=CC(C)=O.COC(C)=O.CON=C(C)C.CSC(C)=O. The molecule has 47 heavy (non-hydrogen) atoms. The van der Waals surface area contributed by atoms with E-state index in [0.717, 1.165) is 5.71 Å². The number of esters is 1. The highest BCUT2D eigenvalue weighted by atomic mass is 32.2. The van der Waals surface area contributed by atoms with Gasteiger partial charge in [-0.3, -0.25) is 38.9 Å². The number of hydrogen-bond donors (Lipinski definition) is 1. The third-order valence-electron chi connectivity index (χ3n) is 3.36. The second kappa shape index (κ2) is 58.1. The number of ether oxygens (including phenoxy) is 1. The Morgan fingerprint density at radius 1 is 0.660 bits per heavy atom. The first-order valence-electron chi connectivity index (χ1n) is 14.4. The zero-order chi connectivity index (χ0) is 39.2. The second-order valence-electron chi connectivity index (χ2n) is 8.88. The van der Waals surface area contributed by atoms with Gasteiger partial charge < -0.3 is 25.0 Å². The number of carbonyl (C=O) groups excluding carboxylic acids is 6. The molecule has 0 unspecified atom stereocenters. The van der Waals surface area contributed by atoms with Crippen LogP contribution < -0.4 is 5.73 Å². The van der Waals surface area contributed by atoms with Gasteiger partial charge in [0, 0.05) is 55.8 Å². The van der Waals surface area contributed by atoms with Crippen molar-refractivity contribution < 1.29 is 38.3 Å². The highest BCUT2D eigenvalue weighted by molar-refractivity contribution is 8.12.